The number of nitrogens with one attached hydrogen (secondary N) is 2. The Kier molecular flexibility index (Phi) is 3.87. The fraction of sp³-hybridized carbons (Fsp3) is 0.250. The second kappa shape index (κ2) is 5.41. The molecule has 0 aliphatic carbocycles. The molecule has 0 aliphatic rings. The molecule has 1 aromatic carbocycles. The van der Waals surface area contributed by atoms with Gasteiger partial charge >= 0.3 is 0 Å². The average Bonchev–Trinajstić information content (AvgIpc) is 2.39. The number of sulfonamides is 1. The summed E-state index contributed by atoms with van der Waals surface area (Å²) in [6.07, 6.45) is 1.63. The van der Waals surface area contributed by atoms with Crippen molar-refractivity contribution in [2.24, 2.45) is 0 Å². The molecule has 2 aromatic rings. The number of anilines is 1. The third kappa shape index (κ3) is 3.33. The molecule has 1 aromatic heterocycles. The number of benzene rings is 1. The van der Waals surface area contributed by atoms with Crippen molar-refractivity contribution in [2.45, 2.75) is 0 Å². The van der Waals surface area contributed by atoms with Gasteiger partial charge in [-0.3, -0.25) is 0 Å². The molecule has 0 fully saturated rings. The van der Waals surface area contributed by atoms with Crippen LogP contribution in [0.1, 0.15) is 0 Å². The molecule has 19 heavy (non-hydrogen) atoms. The molecule has 0 aliphatic heterocycles. The first-order valence-corrected chi connectivity index (χ1v) is 7.40. The number of hydrogen-bond acceptors (Lipinski definition) is 5. The molecule has 0 spiro atoms. The van der Waals surface area contributed by atoms with Crippen LogP contribution in [0.4, 0.5) is 5.82 Å². The number of fused-ring (bicyclic) bond motifs is 1. The molecule has 0 unspecified atom stereocenters. The number of aromatic nitrogens is 1. The lowest BCUT2D eigenvalue weighted by atomic mass is 10.1. The quantitative estimate of drug-likeness (QED) is 0.757. The monoisotopic (exact) mass is 281 g/mol. The topological polar surface area (TPSA) is 91.3 Å². The number of rotatable bonds is 5. The van der Waals surface area contributed by atoms with Gasteiger partial charge in [0.05, 0.1) is 5.75 Å². The van der Waals surface area contributed by atoms with E-state index >= 15 is 0 Å². The first-order chi connectivity index (χ1) is 9.02. The van der Waals surface area contributed by atoms with E-state index in [2.05, 4.69) is 15.0 Å². The van der Waals surface area contributed by atoms with E-state index in [9.17, 15) is 13.5 Å². The lowest BCUT2D eigenvalue weighted by molar-refractivity contribution is 0.476. The van der Waals surface area contributed by atoms with Crippen molar-refractivity contribution in [3.63, 3.8) is 0 Å². The molecule has 0 saturated carbocycles. The largest absolute Gasteiger partial charge is 0.508 e. The number of pyridine rings is 1. The van der Waals surface area contributed by atoms with Crippen molar-refractivity contribution in [2.75, 3.05) is 24.7 Å². The summed E-state index contributed by atoms with van der Waals surface area (Å²) < 4.78 is 24.8. The Morgan fingerprint density at radius 3 is 2.84 bits per heavy atom. The van der Waals surface area contributed by atoms with Gasteiger partial charge in [-0.2, -0.15) is 0 Å². The zero-order valence-corrected chi connectivity index (χ0v) is 11.2. The minimum Gasteiger partial charge on any atom is -0.508 e. The Balaban J connectivity index is 2.19. The van der Waals surface area contributed by atoms with E-state index in [-0.39, 0.29) is 18.0 Å². The number of hydrogen-bond donors (Lipinski definition) is 3. The van der Waals surface area contributed by atoms with Crippen molar-refractivity contribution in [3.8, 4) is 5.75 Å². The summed E-state index contributed by atoms with van der Waals surface area (Å²) in [5.41, 5.74) is 0. The summed E-state index contributed by atoms with van der Waals surface area (Å²) in [4.78, 5) is 4.16. The van der Waals surface area contributed by atoms with Crippen LogP contribution in [-0.4, -0.2) is 37.9 Å². The number of phenolic OH excluding ortho intramolecular Hbond substituents is 1. The molecule has 1 heterocycles. The third-order valence-corrected chi connectivity index (χ3v) is 4.09. The Morgan fingerprint density at radius 1 is 1.32 bits per heavy atom. The van der Waals surface area contributed by atoms with Crippen molar-refractivity contribution in [3.05, 3.63) is 30.5 Å². The predicted molar refractivity (Wildman–Crippen MR) is 74.7 cm³/mol. The van der Waals surface area contributed by atoms with Gasteiger partial charge in [-0.05, 0) is 30.6 Å². The predicted octanol–water partition coefficient (Wildman–Crippen LogP) is 0.901. The van der Waals surface area contributed by atoms with Gasteiger partial charge in [0.15, 0.2) is 0 Å². The van der Waals surface area contributed by atoms with Crippen LogP contribution in [0.3, 0.4) is 0 Å². The first kappa shape index (κ1) is 13.6. The summed E-state index contributed by atoms with van der Waals surface area (Å²) in [5, 5.41) is 14.1. The van der Waals surface area contributed by atoms with E-state index in [0.717, 1.165) is 10.8 Å². The normalized spacial score (nSPS) is 11.6. The number of nitrogens with zero attached hydrogens (tertiary/aromatic N) is 1. The summed E-state index contributed by atoms with van der Waals surface area (Å²) in [6.45, 7) is 0.241. The Labute approximate surface area is 111 Å². The van der Waals surface area contributed by atoms with Gasteiger partial charge in [0.2, 0.25) is 10.0 Å². The van der Waals surface area contributed by atoms with E-state index in [1.807, 2.05) is 6.07 Å². The second-order valence-corrected chi connectivity index (χ2v) is 6.06. The van der Waals surface area contributed by atoms with E-state index in [1.54, 1.807) is 24.4 Å². The molecule has 0 amide bonds. The average molecular weight is 281 g/mol. The highest BCUT2D eigenvalue weighted by Gasteiger charge is 2.08. The van der Waals surface area contributed by atoms with Crippen molar-refractivity contribution in [1.82, 2.24) is 9.71 Å². The molecule has 0 bridgehead atoms. The Morgan fingerprint density at radius 2 is 2.11 bits per heavy atom. The fourth-order valence-electron chi connectivity index (χ4n) is 1.70. The van der Waals surface area contributed by atoms with Gasteiger partial charge in [0.1, 0.15) is 11.6 Å². The molecular formula is C12H15N3O3S. The summed E-state index contributed by atoms with van der Waals surface area (Å²) in [5.74, 6) is 0.659. The van der Waals surface area contributed by atoms with Crippen LogP contribution >= 0.6 is 0 Å². The van der Waals surface area contributed by atoms with Crippen LogP contribution in [0, 0.1) is 0 Å². The molecule has 0 saturated heterocycles. The van der Waals surface area contributed by atoms with E-state index in [1.165, 1.54) is 7.05 Å². The third-order valence-electron chi connectivity index (χ3n) is 2.72. The summed E-state index contributed by atoms with van der Waals surface area (Å²) in [7, 11) is -1.86. The minimum atomic E-state index is -3.24. The number of phenols is 1. The molecule has 3 N–H and O–H groups in total. The van der Waals surface area contributed by atoms with Gasteiger partial charge in [-0.25, -0.2) is 18.1 Å². The maximum atomic E-state index is 11.3. The van der Waals surface area contributed by atoms with Gasteiger partial charge in [0, 0.05) is 18.1 Å². The molecule has 0 radical (unpaired) electrons. The minimum absolute atomic E-state index is 0.0413. The van der Waals surface area contributed by atoms with Crippen LogP contribution in [-0.2, 0) is 10.0 Å². The number of aromatic hydroxyl groups is 1. The fourth-order valence-corrected chi connectivity index (χ4v) is 2.28. The SMILES string of the molecule is CNS(=O)(=O)CCNc1nccc2ccc(O)cc12. The highest BCUT2D eigenvalue weighted by molar-refractivity contribution is 7.89. The molecule has 7 heteroatoms. The molecule has 0 atom stereocenters. The van der Waals surface area contributed by atoms with E-state index in [4.69, 9.17) is 0 Å². The van der Waals surface area contributed by atoms with Gasteiger partial charge < -0.3 is 10.4 Å². The van der Waals surface area contributed by atoms with Crippen LogP contribution < -0.4 is 10.0 Å². The summed E-state index contributed by atoms with van der Waals surface area (Å²) in [6, 6.07) is 6.79. The van der Waals surface area contributed by atoms with Gasteiger partial charge in [0.25, 0.3) is 0 Å². The second-order valence-electron chi connectivity index (χ2n) is 4.01. The van der Waals surface area contributed by atoms with Crippen LogP contribution in [0.5, 0.6) is 5.75 Å². The smallest absolute Gasteiger partial charge is 0.213 e. The maximum Gasteiger partial charge on any atom is 0.213 e. The summed E-state index contributed by atoms with van der Waals surface area (Å²) >= 11 is 0. The lowest BCUT2D eigenvalue weighted by Gasteiger charge is -2.09. The zero-order valence-electron chi connectivity index (χ0n) is 10.4. The van der Waals surface area contributed by atoms with Crippen molar-refractivity contribution >= 4 is 26.6 Å². The van der Waals surface area contributed by atoms with E-state index in [0.29, 0.717) is 5.82 Å². The standard InChI is InChI=1S/C12H15N3O3S/c1-13-19(17,18)7-6-15-12-11-8-10(16)3-2-9(11)4-5-14-12/h2-5,8,13,16H,6-7H2,1H3,(H,14,15). The molecule has 6 nitrogen and oxygen atoms in total. The highest BCUT2D eigenvalue weighted by atomic mass is 32.2. The van der Waals surface area contributed by atoms with Crippen LogP contribution in [0.25, 0.3) is 10.8 Å². The van der Waals surface area contributed by atoms with Gasteiger partial charge in [-0.15, -0.1) is 0 Å². The van der Waals surface area contributed by atoms with E-state index < -0.39 is 10.0 Å². The zero-order chi connectivity index (χ0) is 13.9. The van der Waals surface area contributed by atoms with Crippen molar-refractivity contribution in [1.29, 1.82) is 0 Å². The van der Waals surface area contributed by atoms with Crippen LogP contribution in [0.2, 0.25) is 0 Å². The Hall–Kier alpha value is -1.86. The van der Waals surface area contributed by atoms with Gasteiger partial charge in [-0.1, -0.05) is 6.07 Å². The van der Waals surface area contributed by atoms with Crippen molar-refractivity contribution < 1.29 is 13.5 Å². The highest BCUT2D eigenvalue weighted by Crippen LogP contribution is 2.24. The maximum absolute atomic E-state index is 11.3. The van der Waals surface area contributed by atoms with Crippen LogP contribution in [0.15, 0.2) is 30.5 Å². The lowest BCUT2D eigenvalue weighted by Crippen LogP contribution is -2.26. The Bertz CT molecular complexity index is 686. The molecule has 2 rings (SSSR count). The molecular weight excluding hydrogens is 266 g/mol. The first-order valence-electron chi connectivity index (χ1n) is 5.75. The molecule has 102 valence electrons.